The molecule has 0 fully saturated rings. The normalized spacial score (nSPS) is 11.7. The quantitative estimate of drug-likeness (QED) is 0.765. The molecule has 2 aromatic rings. The molecular formula is C16H11Cl2NO. The third-order valence-electron chi connectivity index (χ3n) is 3.05. The van der Waals surface area contributed by atoms with E-state index in [0.29, 0.717) is 21.2 Å². The van der Waals surface area contributed by atoms with Crippen LogP contribution >= 0.6 is 23.2 Å². The van der Waals surface area contributed by atoms with Crippen LogP contribution in [0.2, 0.25) is 10.0 Å². The van der Waals surface area contributed by atoms with Crippen LogP contribution in [-0.4, -0.2) is 5.78 Å². The summed E-state index contributed by atoms with van der Waals surface area (Å²) < 4.78 is 0. The van der Waals surface area contributed by atoms with Crippen LogP contribution in [0.5, 0.6) is 0 Å². The van der Waals surface area contributed by atoms with E-state index in [-0.39, 0.29) is 5.78 Å². The first-order valence-electron chi connectivity index (χ1n) is 5.99. The summed E-state index contributed by atoms with van der Waals surface area (Å²) in [5.41, 5.74) is 1.78. The number of nitrogens with zero attached hydrogens (tertiary/aromatic N) is 1. The highest BCUT2D eigenvalue weighted by atomic mass is 35.5. The van der Waals surface area contributed by atoms with Gasteiger partial charge in [0.25, 0.3) is 0 Å². The summed E-state index contributed by atoms with van der Waals surface area (Å²) >= 11 is 12.0. The zero-order valence-electron chi connectivity index (χ0n) is 10.7. The van der Waals surface area contributed by atoms with Crippen molar-refractivity contribution in [3.63, 3.8) is 0 Å². The van der Waals surface area contributed by atoms with Gasteiger partial charge in [-0.3, -0.25) is 4.79 Å². The van der Waals surface area contributed by atoms with Crippen molar-refractivity contribution in [3.05, 3.63) is 69.2 Å². The smallest absolute Gasteiger partial charge is 0.184 e. The van der Waals surface area contributed by atoms with E-state index in [1.165, 1.54) is 0 Å². The second-order valence-electron chi connectivity index (χ2n) is 4.41. The fourth-order valence-electron chi connectivity index (χ4n) is 1.94. The first-order valence-corrected chi connectivity index (χ1v) is 6.74. The van der Waals surface area contributed by atoms with Gasteiger partial charge in [0.1, 0.15) is 5.92 Å². The number of carbonyl (C=O) groups excluding carboxylic acids is 1. The van der Waals surface area contributed by atoms with Crippen LogP contribution in [0.1, 0.15) is 27.4 Å². The molecule has 2 nitrogen and oxygen atoms in total. The Kier molecular flexibility index (Phi) is 4.44. The van der Waals surface area contributed by atoms with E-state index in [2.05, 4.69) is 0 Å². The van der Waals surface area contributed by atoms with Crippen LogP contribution in [0.15, 0.2) is 42.5 Å². The number of carbonyl (C=O) groups is 1. The molecule has 0 amide bonds. The van der Waals surface area contributed by atoms with Gasteiger partial charge >= 0.3 is 0 Å². The highest BCUT2D eigenvalue weighted by molar-refractivity contribution is 6.32. The molecule has 0 bridgehead atoms. The number of benzene rings is 2. The minimum absolute atomic E-state index is 0.277. The maximum Gasteiger partial charge on any atom is 0.184 e. The Bertz CT molecular complexity index is 704. The highest BCUT2D eigenvalue weighted by Gasteiger charge is 2.24. The Morgan fingerprint density at radius 1 is 1.15 bits per heavy atom. The average molecular weight is 304 g/mol. The van der Waals surface area contributed by atoms with Gasteiger partial charge in [0.15, 0.2) is 5.78 Å². The van der Waals surface area contributed by atoms with E-state index in [0.717, 1.165) is 5.56 Å². The number of hydrogen-bond acceptors (Lipinski definition) is 2. The molecule has 0 radical (unpaired) electrons. The van der Waals surface area contributed by atoms with Crippen molar-refractivity contribution in [3.8, 4) is 6.07 Å². The van der Waals surface area contributed by atoms with E-state index >= 15 is 0 Å². The lowest BCUT2D eigenvalue weighted by Gasteiger charge is -2.11. The number of nitriles is 1. The zero-order chi connectivity index (χ0) is 14.7. The molecule has 2 rings (SSSR count). The monoisotopic (exact) mass is 303 g/mol. The predicted octanol–water partition coefficient (Wildman–Crippen LogP) is 4.79. The minimum Gasteiger partial charge on any atom is -0.292 e. The molecule has 0 aromatic heterocycles. The lowest BCUT2D eigenvalue weighted by atomic mass is 9.91. The molecule has 1 atom stereocenters. The first-order chi connectivity index (χ1) is 9.54. The number of ketones is 1. The Morgan fingerprint density at radius 3 is 2.45 bits per heavy atom. The molecule has 4 heteroatoms. The van der Waals surface area contributed by atoms with Gasteiger partial charge in [-0.15, -0.1) is 0 Å². The molecule has 100 valence electrons. The Morgan fingerprint density at radius 2 is 1.85 bits per heavy atom. The van der Waals surface area contributed by atoms with E-state index in [1.54, 1.807) is 42.5 Å². The number of Topliss-reactive ketones (excluding diaryl/α,β-unsaturated/α-hetero) is 1. The number of halogens is 2. The third-order valence-corrected chi connectivity index (χ3v) is 3.82. The summed E-state index contributed by atoms with van der Waals surface area (Å²) in [6.07, 6.45) is 0. The molecule has 1 unspecified atom stereocenters. The van der Waals surface area contributed by atoms with E-state index in [9.17, 15) is 10.1 Å². The summed E-state index contributed by atoms with van der Waals surface area (Å²) in [6, 6.07) is 13.9. The number of rotatable bonds is 3. The van der Waals surface area contributed by atoms with Gasteiger partial charge in [-0.2, -0.15) is 5.26 Å². The van der Waals surface area contributed by atoms with Gasteiger partial charge < -0.3 is 0 Å². The standard InChI is InChI=1S/C16H11Cl2NO/c1-10-8-11(6-7-14(10)17)16(20)13(9-19)12-4-2-3-5-15(12)18/h2-8,13H,1H3. The summed E-state index contributed by atoms with van der Waals surface area (Å²) in [6.45, 7) is 1.82. The lowest BCUT2D eigenvalue weighted by Crippen LogP contribution is -2.12. The van der Waals surface area contributed by atoms with Crippen LogP contribution in [0.4, 0.5) is 0 Å². The SMILES string of the molecule is Cc1cc(C(=O)C(C#N)c2ccccc2Cl)ccc1Cl. The van der Waals surface area contributed by atoms with E-state index < -0.39 is 5.92 Å². The van der Waals surface area contributed by atoms with Crippen LogP contribution in [-0.2, 0) is 0 Å². The van der Waals surface area contributed by atoms with Crippen LogP contribution in [0, 0.1) is 18.3 Å². The van der Waals surface area contributed by atoms with Gasteiger partial charge in [0, 0.05) is 15.6 Å². The highest BCUT2D eigenvalue weighted by Crippen LogP contribution is 2.28. The van der Waals surface area contributed by atoms with Gasteiger partial charge in [0.05, 0.1) is 6.07 Å². The molecule has 0 aliphatic heterocycles. The molecule has 0 saturated heterocycles. The second kappa shape index (κ2) is 6.09. The van der Waals surface area contributed by atoms with Crippen LogP contribution in [0.25, 0.3) is 0 Å². The van der Waals surface area contributed by atoms with Crippen molar-refractivity contribution in [2.45, 2.75) is 12.8 Å². The first kappa shape index (κ1) is 14.6. The van der Waals surface area contributed by atoms with Crippen LogP contribution < -0.4 is 0 Å². The molecule has 0 aliphatic rings. The van der Waals surface area contributed by atoms with Crippen molar-refractivity contribution in [1.82, 2.24) is 0 Å². The van der Waals surface area contributed by atoms with Crippen molar-refractivity contribution >= 4 is 29.0 Å². The lowest BCUT2D eigenvalue weighted by molar-refractivity contribution is 0.0979. The fraction of sp³-hybridized carbons (Fsp3) is 0.125. The van der Waals surface area contributed by atoms with Crippen molar-refractivity contribution in [2.75, 3.05) is 0 Å². The predicted molar refractivity (Wildman–Crippen MR) is 80.3 cm³/mol. The topological polar surface area (TPSA) is 40.9 Å². The Balaban J connectivity index is 2.42. The van der Waals surface area contributed by atoms with Crippen molar-refractivity contribution in [2.24, 2.45) is 0 Å². The summed E-state index contributed by atoms with van der Waals surface area (Å²) in [5.74, 6) is -1.19. The molecule has 0 spiro atoms. The molecule has 0 saturated carbocycles. The average Bonchev–Trinajstić information content (AvgIpc) is 2.44. The van der Waals surface area contributed by atoms with E-state index in [1.807, 2.05) is 13.0 Å². The maximum atomic E-state index is 12.5. The van der Waals surface area contributed by atoms with E-state index in [4.69, 9.17) is 23.2 Å². The number of hydrogen-bond donors (Lipinski definition) is 0. The van der Waals surface area contributed by atoms with Gasteiger partial charge in [-0.25, -0.2) is 0 Å². The maximum absolute atomic E-state index is 12.5. The summed E-state index contributed by atoms with van der Waals surface area (Å²) in [7, 11) is 0. The summed E-state index contributed by atoms with van der Waals surface area (Å²) in [4.78, 5) is 12.5. The summed E-state index contributed by atoms with van der Waals surface area (Å²) in [5, 5.41) is 10.3. The molecular weight excluding hydrogens is 293 g/mol. The molecule has 2 aromatic carbocycles. The largest absolute Gasteiger partial charge is 0.292 e. The Hall–Kier alpha value is -1.82. The third kappa shape index (κ3) is 2.85. The molecule has 0 aliphatic carbocycles. The van der Waals surface area contributed by atoms with Gasteiger partial charge in [-0.1, -0.05) is 41.4 Å². The molecule has 20 heavy (non-hydrogen) atoms. The fourth-order valence-corrected chi connectivity index (χ4v) is 2.31. The Labute approximate surface area is 127 Å². The van der Waals surface area contributed by atoms with Gasteiger partial charge in [0.2, 0.25) is 0 Å². The zero-order valence-corrected chi connectivity index (χ0v) is 12.2. The minimum atomic E-state index is -0.913. The second-order valence-corrected chi connectivity index (χ2v) is 5.23. The van der Waals surface area contributed by atoms with Crippen LogP contribution in [0.3, 0.4) is 0 Å². The molecule has 0 heterocycles. The number of aryl methyl sites for hydroxylation is 1. The molecule has 0 N–H and O–H groups in total. The van der Waals surface area contributed by atoms with Gasteiger partial charge in [-0.05, 0) is 42.3 Å². The van der Waals surface area contributed by atoms with Crippen molar-refractivity contribution < 1.29 is 4.79 Å². The van der Waals surface area contributed by atoms with Crippen molar-refractivity contribution in [1.29, 1.82) is 5.26 Å².